The summed E-state index contributed by atoms with van der Waals surface area (Å²) in [5.74, 6) is -0.137. The van der Waals surface area contributed by atoms with Crippen LogP contribution in [0, 0.1) is 5.82 Å². The monoisotopic (exact) mass is 316 g/mol. The van der Waals surface area contributed by atoms with Crippen molar-refractivity contribution in [3.8, 4) is 0 Å². The van der Waals surface area contributed by atoms with Gasteiger partial charge in [0.15, 0.2) is 0 Å². The van der Waals surface area contributed by atoms with E-state index in [1.165, 1.54) is 18.9 Å². The molecule has 126 valence electrons. The molecule has 0 saturated carbocycles. The topological polar surface area (TPSA) is 9.23 Å². The third-order valence-corrected chi connectivity index (χ3v) is 4.48. The third-order valence-electron chi connectivity index (χ3n) is 4.48. The zero-order valence-electron chi connectivity index (χ0n) is 14.4. The standard InChI is InChI=1S/C21H29FO/c1-3-5-9-14-21(23-17-6-4-2)15-12-18(13-16-21)19-10-7-8-11-20(19)22/h7-8,10-13,15-16,18H,3-6,9,14,17H2,1-2H3. The highest BCUT2D eigenvalue weighted by atomic mass is 19.1. The summed E-state index contributed by atoms with van der Waals surface area (Å²) in [4.78, 5) is 0. The van der Waals surface area contributed by atoms with E-state index in [0.717, 1.165) is 37.9 Å². The molecule has 1 aliphatic rings. The van der Waals surface area contributed by atoms with Crippen LogP contribution in [-0.4, -0.2) is 12.2 Å². The molecule has 1 aromatic rings. The maximum atomic E-state index is 14.0. The van der Waals surface area contributed by atoms with Gasteiger partial charge in [0, 0.05) is 12.5 Å². The van der Waals surface area contributed by atoms with Crippen LogP contribution in [0.3, 0.4) is 0 Å². The van der Waals surface area contributed by atoms with Gasteiger partial charge in [-0.2, -0.15) is 0 Å². The van der Waals surface area contributed by atoms with Crippen molar-refractivity contribution in [2.75, 3.05) is 6.61 Å². The van der Waals surface area contributed by atoms with Crippen molar-refractivity contribution in [3.05, 3.63) is 60.0 Å². The molecule has 0 aliphatic heterocycles. The van der Waals surface area contributed by atoms with Gasteiger partial charge in [0.2, 0.25) is 0 Å². The van der Waals surface area contributed by atoms with Crippen molar-refractivity contribution < 1.29 is 9.13 Å². The first-order chi connectivity index (χ1) is 11.2. The van der Waals surface area contributed by atoms with Crippen LogP contribution >= 0.6 is 0 Å². The second kappa shape index (κ2) is 9.02. The van der Waals surface area contributed by atoms with Crippen LogP contribution < -0.4 is 0 Å². The molecule has 0 saturated heterocycles. The van der Waals surface area contributed by atoms with Crippen molar-refractivity contribution in [2.45, 2.75) is 63.9 Å². The van der Waals surface area contributed by atoms with E-state index in [9.17, 15) is 4.39 Å². The average molecular weight is 316 g/mol. The van der Waals surface area contributed by atoms with Crippen LogP contribution in [0.15, 0.2) is 48.6 Å². The Morgan fingerprint density at radius 2 is 1.70 bits per heavy atom. The van der Waals surface area contributed by atoms with E-state index in [4.69, 9.17) is 4.74 Å². The first kappa shape index (κ1) is 17.9. The predicted octanol–water partition coefficient (Wildman–Crippen LogP) is 6.17. The highest BCUT2D eigenvalue weighted by molar-refractivity contribution is 5.36. The Labute approximate surface area is 140 Å². The Morgan fingerprint density at radius 1 is 1.00 bits per heavy atom. The van der Waals surface area contributed by atoms with E-state index in [1.807, 2.05) is 12.1 Å². The maximum Gasteiger partial charge on any atom is 0.127 e. The normalized spacial score (nSPS) is 23.3. The van der Waals surface area contributed by atoms with Crippen LogP contribution in [0.1, 0.15) is 63.9 Å². The fourth-order valence-corrected chi connectivity index (χ4v) is 3.00. The molecule has 0 atom stereocenters. The summed E-state index contributed by atoms with van der Waals surface area (Å²) in [6.07, 6.45) is 15.3. The Kier molecular flexibility index (Phi) is 7.04. The summed E-state index contributed by atoms with van der Waals surface area (Å²) >= 11 is 0. The second-order valence-corrected chi connectivity index (χ2v) is 6.38. The third kappa shape index (κ3) is 5.04. The van der Waals surface area contributed by atoms with E-state index in [1.54, 1.807) is 6.07 Å². The molecule has 1 aromatic carbocycles. The number of hydrogen-bond donors (Lipinski definition) is 0. The Hall–Kier alpha value is -1.41. The lowest BCUT2D eigenvalue weighted by atomic mass is 9.85. The van der Waals surface area contributed by atoms with E-state index in [0.29, 0.717) is 0 Å². The van der Waals surface area contributed by atoms with Gasteiger partial charge in [-0.3, -0.25) is 0 Å². The minimum Gasteiger partial charge on any atom is -0.367 e. The molecule has 0 aromatic heterocycles. The Balaban J connectivity index is 2.08. The number of ether oxygens (including phenoxy) is 1. The molecule has 1 nitrogen and oxygen atoms in total. The van der Waals surface area contributed by atoms with Crippen LogP contribution in [0.5, 0.6) is 0 Å². The van der Waals surface area contributed by atoms with Gasteiger partial charge in [-0.15, -0.1) is 0 Å². The van der Waals surface area contributed by atoms with E-state index in [-0.39, 0.29) is 17.3 Å². The number of rotatable bonds is 9. The zero-order valence-corrected chi connectivity index (χ0v) is 14.4. The van der Waals surface area contributed by atoms with Gasteiger partial charge in [0.25, 0.3) is 0 Å². The summed E-state index contributed by atoms with van der Waals surface area (Å²) in [5.41, 5.74) is 0.433. The summed E-state index contributed by atoms with van der Waals surface area (Å²) in [6.45, 7) is 5.17. The Bertz CT molecular complexity index is 506. The maximum absolute atomic E-state index is 14.0. The minimum atomic E-state index is -0.300. The summed E-state index contributed by atoms with van der Waals surface area (Å²) in [6, 6.07) is 7.01. The average Bonchev–Trinajstić information content (AvgIpc) is 2.57. The van der Waals surface area contributed by atoms with Crippen molar-refractivity contribution >= 4 is 0 Å². The molecule has 23 heavy (non-hydrogen) atoms. The predicted molar refractivity (Wildman–Crippen MR) is 95.2 cm³/mol. The number of allylic oxidation sites excluding steroid dienone is 2. The van der Waals surface area contributed by atoms with E-state index in [2.05, 4.69) is 38.2 Å². The molecule has 2 heteroatoms. The molecule has 0 radical (unpaired) electrons. The van der Waals surface area contributed by atoms with Crippen molar-refractivity contribution in [2.24, 2.45) is 0 Å². The van der Waals surface area contributed by atoms with Crippen LogP contribution in [0.2, 0.25) is 0 Å². The lowest BCUT2D eigenvalue weighted by Gasteiger charge is -2.32. The fourth-order valence-electron chi connectivity index (χ4n) is 3.00. The first-order valence-corrected chi connectivity index (χ1v) is 8.98. The number of unbranched alkanes of at least 4 members (excludes halogenated alkanes) is 3. The highest BCUT2D eigenvalue weighted by Crippen LogP contribution is 2.33. The molecule has 1 aliphatic carbocycles. The van der Waals surface area contributed by atoms with Crippen molar-refractivity contribution in [1.82, 2.24) is 0 Å². The van der Waals surface area contributed by atoms with Gasteiger partial charge >= 0.3 is 0 Å². The van der Waals surface area contributed by atoms with E-state index >= 15 is 0 Å². The molecule has 0 fully saturated rings. The lowest BCUT2D eigenvalue weighted by molar-refractivity contribution is 0.0168. The molecule has 2 rings (SSSR count). The SMILES string of the molecule is CCCCCC1(OCCCC)C=CC(c2ccccc2F)C=C1. The molecule has 0 unspecified atom stereocenters. The van der Waals surface area contributed by atoms with Crippen molar-refractivity contribution in [1.29, 1.82) is 0 Å². The van der Waals surface area contributed by atoms with Crippen LogP contribution in [0.4, 0.5) is 4.39 Å². The fraction of sp³-hybridized carbons (Fsp3) is 0.524. The quantitative estimate of drug-likeness (QED) is 0.391. The second-order valence-electron chi connectivity index (χ2n) is 6.38. The molecular formula is C21H29FO. The molecule has 0 spiro atoms. The highest BCUT2D eigenvalue weighted by Gasteiger charge is 2.28. The van der Waals surface area contributed by atoms with Crippen LogP contribution in [0.25, 0.3) is 0 Å². The van der Waals surface area contributed by atoms with E-state index < -0.39 is 0 Å². The summed E-state index contributed by atoms with van der Waals surface area (Å²) in [7, 11) is 0. The smallest absolute Gasteiger partial charge is 0.127 e. The molecule has 0 bridgehead atoms. The van der Waals surface area contributed by atoms with Gasteiger partial charge < -0.3 is 4.74 Å². The number of benzene rings is 1. The van der Waals surface area contributed by atoms with Gasteiger partial charge in [-0.25, -0.2) is 4.39 Å². The van der Waals surface area contributed by atoms with Gasteiger partial charge in [-0.05, 0) is 30.9 Å². The number of hydrogen-bond acceptors (Lipinski definition) is 1. The molecular weight excluding hydrogens is 287 g/mol. The Morgan fingerprint density at radius 3 is 2.35 bits per heavy atom. The zero-order chi connectivity index (χ0) is 16.5. The van der Waals surface area contributed by atoms with Gasteiger partial charge in [0.1, 0.15) is 11.4 Å². The van der Waals surface area contributed by atoms with Crippen molar-refractivity contribution in [3.63, 3.8) is 0 Å². The summed E-state index contributed by atoms with van der Waals surface area (Å²) in [5, 5.41) is 0. The molecule has 0 N–H and O–H groups in total. The number of halogens is 1. The van der Waals surface area contributed by atoms with Crippen LogP contribution in [-0.2, 0) is 4.74 Å². The van der Waals surface area contributed by atoms with Gasteiger partial charge in [0.05, 0.1) is 0 Å². The molecule has 0 amide bonds. The first-order valence-electron chi connectivity index (χ1n) is 8.98. The lowest BCUT2D eigenvalue weighted by Crippen LogP contribution is -2.30. The molecule has 0 heterocycles. The van der Waals surface area contributed by atoms with Gasteiger partial charge in [-0.1, -0.05) is 75.6 Å². The summed E-state index contributed by atoms with van der Waals surface area (Å²) < 4.78 is 20.2. The minimum absolute atomic E-state index is 0.00488. The largest absolute Gasteiger partial charge is 0.367 e.